The summed E-state index contributed by atoms with van der Waals surface area (Å²) in [4.78, 5) is 21.5. The van der Waals surface area contributed by atoms with Crippen molar-refractivity contribution in [1.29, 1.82) is 0 Å². The van der Waals surface area contributed by atoms with Gasteiger partial charge in [-0.1, -0.05) is 91.0 Å². The second-order valence-electron chi connectivity index (χ2n) is 13.2. The van der Waals surface area contributed by atoms with Crippen molar-refractivity contribution < 1.29 is 0 Å². The Morgan fingerprint density at radius 2 is 0.926 bits per heavy atom. The van der Waals surface area contributed by atoms with Gasteiger partial charge in [-0.05, 0) is 84.9 Å². The molecule has 6 nitrogen and oxygen atoms in total. The Kier molecular flexibility index (Phi) is 7.69. The summed E-state index contributed by atoms with van der Waals surface area (Å²) in [7, 11) is 0. The van der Waals surface area contributed by atoms with Crippen LogP contribution >= 0.6 is 0 Å². The summed E-state index contributed by atoms with van der Waals surface area (Å²) in [5.41, 5.74) is 13.8. The quantitative estimate of drug-likeness (QED) is 0.166. The van der Waals surface area contributed by atoms with Gasteiger partial charge in [-0.2, -0.15) is 0 Å². The Bertz CT molecular complexity index is 2850. The highest BCUT2D eigenvalue weighted by Crippen LogP contribution is 2.39. The van der Waals surface area contributed by atoms with Gasteiger partial charge in [0.05, 0.1) is 51.0 Å². The Hall–Kier alpha value is -7.44. The first-order valence-corrected chi connectivity index (χ1v) is 18.0. The predicted octanol–water partition coefficient (Wildman–Crippen LogP) is 12.0. The van der Waals surface area contributed by atoms with Gasteiger partial charge in [0.1, 0.15) is 0 Å². The molecule has 6 aromatic carbocycles. The molecule has 0 spiro atoms. The van der Waals surface area contributed by atoms with Gasteiger partial charge in [-0.15, -0.1) is 0 Å². The first kappa shape index (κ1) is 31.3. The number of nitrogens with zero attached hydrogens (tertiary/aromatic N) is 6. The van der Waals surface area contributed by atoms with Crippen molar-refractivity contribution in [2.24, 2.45) is 0 Å². The van der Waals surface area contributed by atoms with Crippen molar-refractivity contribution in [1.82, 2.24) is 24.5 Å². The van der Waals surface area contributed by atoms with Gasteiger partial charge in [0, 0.05) is 56.9 Å². The molecule has 4 heterocycles. The molecule has 4 aromatic heterocycles. The Balaban J connectivity index is 1.08. The second-order valence-corrected chi connectivity index (χ2v) is 13.2. The zero-order valence-electron chi connectivity index (χ0n) is 29.2. The average Bonchev–Trinajstić information content (AvgIpc) is 3.59. The molecular weight excluding hydrogens is 661 g/mol. The highest BCUT2D eigenvalue weighted by atomic mass is 15.1. The summed E-state index contributed by atoms with van der Waals surface area (Å²) in [6.07, 6.45) is 5.52. The van der Waals surface area contributed by atoms with Gasteiger partial charge in [0.15, 0.2) is 0 Å². The zero-order chi connectivity index (χ0) is 35.8. The molecule has 10 rings (SSSR count). The number of hydrogen-bond donors (Lipinski definition) is 0. The molecule has 0 N–H and O–H groups in total. The number of hydrogen-bond acceptors (Lipinski definition) is 5. The lowest BCUT2D eigenvalue weighted by atomic mass is 10.0. The van der Waals surface area contributed by atoms with E-state index in [1.54, 1.807) is 12.4 Å². The van der Waals surface area contributed by atoms with E-state index in [0.717, 1.165) is 67.6 Å². The van der Waals surface area contributed by atoms with Crippen LogP contribution in [0.4, 0.5) is 17.1 Å². The minimum absolute atomic E-state index is 0.844. The van der Waals surface area contributed by atoms with Crippen LogP contribution in [0.25, 0.3) is 72.3 Å². The molecule has 54 heavy (non-hydrogen) atoms. The largest absolute Gasteiger partial charge is 0.309 e. The fraction of sp³-hybridized carbons (Fsp3) is 0. The molecule has 6 heteroatoms. The second kappa shape index (κ2) is 13.3. The minimum atomic E-state index is 0.844. The molecule has 0 fully saturated rings. The van der Waals surface area contributed by atoms with E-state index in [4.69, 9.17) is 15.0 Å². The number of anilines is 3. The summed E-state index contributed by atoms with van der Waals surface area (Å²) in [5.74, 6) is 0. The van der Waals surface area contributed by atoms with E-state index < -0.39 is 0 Å². The molecule has 0 bridgehead atoms. The fourth-order valence-electron chi connectivity index (χ4n) is 7.38. The minimum Gasteiger partial charge on any atom is -0.309 e. The van der Waals surface area contributed by atoms with Crippen molar-refractivity contribution in [3.8, 4) is 39.5 Å². The number of para-hydroxylation sites is 4. The van der Waals surface area contributed by atoms with E-state index in [0.29, 0.717) is 0 Å². The normalized spacial score (nSPS) is 11.3. The SMILES string of the molecule is c1ccc(-c2nc3ccccc3nc2-c2ccc(N(c3ccc(-n4c5ccccc5c5ccccc54)cc3)c3ccc(-c4ccncc4)nc3)cc2)cc1. The lowest BCUT2D eigenvalue weighted by Gasteiger charge is -2.26. The molecule has 0 aliphatic carbocycles. The molecule has 0 atom stereocenters. The van der Waals surface area contributed by atoms with E-state index in [1.165, 1.54) is 21.8 Å². The number of pyridine rings is 2. The Labute approximate surface area is 312 Å². The van der Waals surface area contributed by atoms with Crippen LogP contribution in [0.5, 0.6) is 0 Å². The highest BCUT2D eigenvalue weighted by molar-refractivity contribution is 6.09. The lowest BCUT2D eigenvalue weighted by Crippen LogP contribution is -2.10. The van der Waals surface area contributed by atoms with Crippen molar-refractivity contribution in [3.63, 3.8) is 0 Å². The van der Waals surface area contributed by atoms with Crippen LogP contribution in [0.15, 0.2) is 195 Å². The number of benzene rings is 6. The van der Waals surface area contributed by atoms with E-state index >= 15 is 0 Å². The predicted molar refractivity (Wildman–Crippen MR) is 220 cm³/mol. The number of rotatable bonds is 7. The Morgan fingerprint density at radius 1 is 0.407 bits per heavy atom. The first-order chi connectivity index (χ1) is 26.8. The topological polar surface area (TPSA) is 59.7 Å². The van der Waals surface area contributed by atoms with E-state index in [9.17, 15) is 0 Å². The molecule has 0 saturated heterocycles. The van der Waals surface area contributed by atoms with E-state index in [-0.39, 0.29) is 0 Å². The summed E-state index contributed by atoms with van der Waals surface area (Å²) >= 11 is 0. The summed E-state index contributed by atoms with van der Waals surface area (Å²) < 4.78 is 2.34. The van der Waals surface area contributed by atoms with Crippen LogP contribution in [-0.2, 0) is 0 Å². The molecule has 0 amide bonds. The van der Waals surface area contributed by atoms with Gasteiger partial charge >= 0.3 is 0 Å². The zero-order valence-corrected chi connectivity index (χ0v) is 29.2. The summed E-state index contributed by atoms with van der Waals surface area (Å²) in [5, 5.41) is 2.48. The van der Waals surface area contributed by atoms with Gasteiger partial charge < -0.3 is 9.47 Å². The van der Waals surface area contributed by atoms with Crippen molar-refractivity contribution in [2.75, 3.05) is 4.90 Å². The first-order valence-electron chi connectivity index (χ1n) is 18.0. The molecule has 0 aliphatic rings. The third-order valence-corrected chi connectivity index (χ3v) is 9.95. The molecule has 0 aliphatic heterocycles. The Morgan fingerprint density at radius 3 is 1.52 bits per heavy atom. The summed E-state index contributed by atoms with van der Waals surface area (Å²) in [6.45, 7) is 0. The van der Waals surface area contributed by atoms with Gasteiger partial charge in [0.25, 0.3) is 0 Å². The van der Waals surface area contributed by atoms with Crippen LogP contribution in [0.3, 0.4) is 0 Å². The molecule has 10 aromatic rings. The monoisotopic (exact) mass is 692 g/mol. The van der Waals surface area contributed by atoms with Crippen LogP contribution in [0.1, 0.15) is 0 Å². The smallest absolute Gasteiger partial charge is 0.0973 e. The van der Waals surface area contributed by atoms with Gasteiger partial charge in [-0.3, -0.25) is 9.97 Å². The average molecular weight is 693 g/mol. The molecule has 254 valence electrons. The van der Waals surface area contributed by atoms with E-state index in [1.807, 2.05) is 60.8 Å². The molecule has 0 unspecified atom stereocenters. The van der Waals surface area contributed by atoms with Crippen LogP contribution < -0.4 is 4.90 Å². The van der Waals surface area contributed by atoms with E-state index in [2.05, 4.69) is 136 Å². The van der Waals surface area contributed by atoms with Crippen LogP contribution in [0.2, 0.25) is 0 Å². The third-order valence-electron chi connectivity index (χ3n) is 9.95. The maximum absolute atomic E-state index is 5.14. The van der Waals surface area contributed by atoms with Gasteiger partial charge in [0.2, 0.25) is 0 Å². The van der Waals surface area contributed by atoms with Crippen LogP contribution in [0, 0.1) is 0 Å². The maximum atomic E-state index is 5.14. The molecular formula is C48H32N6. The van der Waals surface area contributed by atoms with Crippen molar-refractivity contribution >= 4 is 49.9 Å². The number of aromatic nitrogens is 5. The molecule has 0 saturated carbocycles. The molecule has 0 radical (unpaired) electrons. The standard InChI is InChI=1S/C48H32N6/c1-2-10-34(11-3-1)47-48(52-44-15-7-6-14-43(44)51-47)35-18-20-36(21-19-35)53(39-26-27-42(50-32-39)33-28-30-49-31-29-33)37-22-24-38(25-23-37)54-45-16-8-4-12-40(45)41-13-5-9-17-46(41)54/h1-32H. The van der Waals surface area contributed by atoms with Gasteiger partial charge in [-0.25, -0.2) is 9.97 Å². The third kappa shape index (κ3) is 5.54. The fourth-order valence-corrected chi connectivity index (χ4v) is 7.38. The number of fused-ring (bicyclic) bond motifs is 4. The van der Waals surface area contributed by atoms with Crippen LogP contribution in [-0.4, -0.2) is 24.5 Å². The van der Waals surface area contributed by atoms with Crippen molar-refractivity contribution in [3.05, 3.63) is 195 Å². The maximum Gasteiger partial charge on any atom is 0.0973 e. The summed E-state index contributed by atoms with van der Waals surface area (Å²) in [6, 6.07) is 61.0. The highest BCUT2D eigenvalue weighted by Gasteiger charge is 2.18. The van der Waals surface area contributed by atoms with Crippen molar-refractivity contribution in [2.45, 2.75) is 0 Å². The lowest BCUT2D eigenvalue weighted by molar-refractivity contribution is 1.17.